The predicted molar refractivity (Wildman–Crippen MR) is 66.3 cm³/mol. The molecule has 2 N–H and O–H groups in total. The average molecular weight is 227 g/mol. The number of carbonyl (C=O) groups is 1. The molecular weight excluding hydrogens is 202 g/mol. The molecule has 1 aliphatic heterocycles. The Morgan fingerprint density at radius 1 is 1.62 bits per heavy atom. The molecule has 1 amide bonds. The molecule has 0 aromatic heterocycles. The highest BCUT2D eigenvalue weighted by atomic mass is 16.1. The number of hydrogen-bond donors (Lipinski definition) is 2. The van der Waals surface area contributed by atoms with E-state index in [2.05, 4.69) is 36.4 Å². The summed E-state index contributed by atoms with van der Waals surface area (Å²) in [4.78, 5) is 13.7. The van der Waals surface area contributed by atoms with Crippen molar-refractivity contribution in [1.29, 1.82) is 0 Å². The first-order chi connectivity index (χ1) is 7.35. The second kappa shape index (κ2) is 5.15. The Bertz CT molecular complexity index is 253. The Hall–Kier alpha value is -0.610. The van der Waals surface area contributed by atoms with Gasteiger partial charge < -0.3 is 15.5 Å². The minimum Gasteiger partial charge on any atom is -0.359 e. The van der Waals surface area contributed by atoms with Gasteiger partial charge in [0.1, 0.15) is 0 Å². The van der Waals surface area contributed by atoms with E-state index in [0.717, 1.165) is 19.5 Å². The zero-order valence-electron chi connectivity index (χ0n) is 11.1. The summed E-state index contributed by atoms with van der Waals surface area (Å²) in [5.41, 5.74) is 0.231. The van der Waals surface area contributed by atoms with Crippen LogP contribution in [0, 0.1) is 5.92 Å². The van der Waals surface area contributed by atoms with E-state index in [4.69, 9.17) is 0 Å². The topological polar surface area (TPSA) is 44.4 Å². The number of carbonyl (C=O) groups excluding carboxylic acids is 1. The van der Waals surface area contributed by atoms with E-state index in [9.17, 15) is 4.79 Å². The van der Waals surface area contributed by atoms with Gasteiger partial charge in [0.25, 0.3) is 0 Å². The molecule has 0 aliphatic carbocycles. The van der Waals surface area contributed by atoms with Crippen LogP contribution in [0.1, 0.15) is 27.2 Å². The minimum absolute atomic E-state index is 0.0544. The van der Waals surface area contributed by atoms with Crippen molar-refractivity contribution in [3.05, 3.63) is 0 Å². The molecule has 0 spiro atoms. The van der Waals surface area contributed by atoms with Gasteiger partial charge in [0.15, 0.2) is 0 Å². The molecule has 94 valence electrons. The van der Waals surface area contributed by atoms with Crippen LogP contribution in [0.25, 0.3) is 0 Å². The largest absolute Gasteiger partial charge is 0.359 e. The molecule has 1 heterocycles. The van der Waals surface area contributed by atoms with Gasteiger partial charge in [-0.15, -0.1) is 0 Å². The summed E-state index contributed by atoms with van der Waals surface area (Å²) in [5, 5.41) is 6.20. The molecule has 2 unspecified atom stereocenters. The first-order valence-corrected chi connectivity index (χ1v) is 6.02. The van der Waals surface area contributed by atoms with Crippen molar-refractivity contribution in [3.63, 3.8) is 0 Å². The summed E-state index contributed by atoms with van der Waals surface area (Å²) < 4.78 is 0. The number of nitrogens with zero attached hydrogens (tertiary/aromatic N) is 1. The molecule has 16 heavy (non-hydrogen) atoms. The summed E-state index contributed by atoms with van der Waals surface area (Å²) in [5.74, 6) is 0.177. The highest BCUT2D eigenvalue weighted by molar-refractivity contribution is 5.78. The molecule has 0 radical (unpaired) electrons. The van der Waals surface area contributed by atoms with Gasteiger partial charge in [-0.2, -0.15) is 0 Å². The Balaban J connectivity index is 2.41. The Labute approximate surface area is 98.8 Å². The van der Waals surface area contributed by atoms with Gasteiger partial charge in [-0.05, 0) is 27.3 Å². The van der Waals surface area contributed by atoms with E-state index >= 15 is 0 Å². The normalized spacial score (nSPS) is 25.8. The Morgan fingerprint density at radius 2 is 2.25 bits per heavy atom. The van der Waals surface area contributed by atoms with Crippen molar-refractivity contribution in [3.8, 4) is 0 Å². The standard InChI is InChI=1S/C12H25N3O/c1-9(11(16)13-4)8-15(5)10-6-12(2,3)14-7-10/h9-10,14H,6-8H2,1-5H3,(H,13,16). The summed E-state index contributed by atoms with van der Waals surface area (Å²) in [7, 11) is 3.80. The second-order valence-electron chi connectivity index (χ2n) is 5.58. The first-order valence-electron chi connectivity index (χ1n) is 6.02. The predicted octanol–water partition coefficient (Wildman–Crippen LogP) is 0.441. The monoisotopic (exact) mass is 227 g/mol. The van der Waals surface area contributed by atoms with Crippen LogP contribution < -0.4 is 10.6 Å². The van der Waals surface area contributed by atoms with Gasteiger partial charge in [0.05, 0.1) is 0 Å². The van der Waals surface area contributed by atoms with Crippen LogP contribution >= 0.6 is 0 Å². The quantitative estimate of drug-likeness (QED) is 0.732. The zero-order valence-corrected chi connectivity index (χ0v) is 11.1. The maximum atomic E-state index is 11.4. The second-order valence-corrected chi connectivity index (χ2v) is 5.58. The molecule has 1 saturated heterocycles. The molecule has 4 heteroatoms. The smallest absolute Gasteiger partial charge is 0.223 e. The lowest BCUT2D eigenvalue weighted by molar-refractivity contribution is -0.124. The molecule has 4 nitrogen and oxygen atoms in total. The lowest BCUT2D eigenvalue weighted by Crippen LogP contribution is -2.40. The van der Waals surface area contributed by atoms with E-state index in [-0.39, 0.29) is 17.4 Å². The fraction of sp³-hybridized carbons (Fsp3) is 0.917. The van der Waals surface area contributed by atoms with E-state index in [1.807, 2.05) is 6.92 Å². The summed E-state index contributed by atoms with van der Waals surface area (Å²) >= 11 is 0. The van der Waals surface area contributed by atoms with E-state index in [1.54, 1.807) is 7.05 Å². The molecular formula is C12H25N3O. The SMILES string of the molecule is CNC(=O)C(C)CN(C)C1CNC(C)(C)C1. The summed E-state index contributed by atoms with van der Waals surface area (Å²) in [6, 6.07) is 0.544. The molecule has 1 aliphatic rings. The van der Waals surface area contributed by atoms with Gasteiger partial charge in [0, 0.05) is 37.6 Å². The number of hydrogen-bond acceptors (Lipinski definition) is 3. The maximum absolute atomic E-state index is 11.4. The van der Waals surface area contributed by atoms with Crippen molar-refractivity contribution in [1.82, 2.24) is 15.5 Å². The number of rotatable bonds is 4. The molecule has 0 aromatic rings. The van der Waals surface area contributed by atoms with Crippen molar-refractivity contribution < 1.29 is 4.79 Å². The van der Waals surface area contributed by atoms with Gasteiger partial charge >= 0.3 is 0 Å². The van der Waals surface area contributed by atoms with Crippen molar-refractivity contribution in [2.24, 2.45) is 5.92 Å². The van der Waals surface area contributed by atoms with E-state index in [1.165, 1.54) is 0 Å². The van der Waals surface area contributed by atoms with Gasteiger partial charge in [-0.1, -0.05) is 6.92 Å². The van der Waals surface area contributed by atoms with Crippen LogP contribution in [0.5, 0.6) is 0 Å². The lowest BCUT2D eigenvalue weighted by Gasteiger charge is -2.27. The Kier molecular flexibility index (Phi) is 4.33. The maximum Gasteiger partial charge on any atom is 0.223 e. The fourth-order valence-corrected chi connectivity index (χ4v) is 2.35. The first kappa shape index (κ1) is 13.5. The van der Waals surface area contributed by atoms with Crippen molar-refractivity contribution >= 4 is 5.91 Å². The van der Waals surface area contributed by atoms with Crippen LogP contribution in [0.4, 0.5) is 0 Å². The van der Waals surface area contributed by atoms with E-state index in [0.29, 0.717) is 6.04 Å². The zero-order chi connectivity index (χ0) is 12.3. The molecule has 1 rings (SSSR count). The summed E-state index contributed by atoms with van der Waals surface area (Å²) in [6.07, 6.45) is 1.14. The highest BCUT2D eigenvalue weighted by Gasteiger charge is 2.33. The molecule has 0 aromatic carbocycles. The number of amides is 1. The molecule has 1 fully saturated rings. The van der Waals surface area contributed by atoms with Crippen LogP contribution in [0.2, 0.25) is 0 Å². The van der Waals surface area contributed by atoms with E-state index < -0.39 is 0 Å². The van der Waals surface area contributed by atoms with Gasteiger partial charge in [-0.3, -0.25) is 4.79 Å². The lowest BCUT2D eigenvalue weighted by atomic mass is 10.00. The molecule has 0 saturated carbocycles. The summed E-state index contributed by atoms with van der Waals surface area (Å²) in [6.45, 7) is 8.26. The average Bonchev–Trinajstić information content (AvgIpc) is 2.57. The third-order valence-corrected chi connectivity index (χ3v) is 3.44. The number of nitrogens with one attached hydrogen (secondary N) is 2. The molecule has 0 bridgehead atoms. The third-order valence-electron chi connectivity index (χ3n) is 3.44. The third kappa shape index (κ3) is 3.46. The molecule has 2 atom stereocenters. The number of likely N-dealkylation sites (N-methyl/N-ethyl adjacent to an activating group) is 1. The van der Waals surface area contributed by atoms with Crippen molar-refractivity contribution in [2.75, 3.05) is 27.2 Å². The minimum atomic E-state index is 0.0544. The Morgan fingerprint density at radius 3 is 2.69 bits per heavy atom. The van der Waals surface area contributed by atoms with Crippen LogP contribution in [0.3, 0.4) is 0 Å². The highest BCUT2D eigenvalue weighted by Crippen LogP contribution is 2.21. The van der Waals surface area contributed by atoms with Crippen LogP contribution in [-0.4, -0.2) is 49.6 Å². The van der Waals surface area contributed by atoms with Gasteiger partial charge in [-0.25, -0.2) is 0 Å². The van der Waals surface area contributed by atoms with Crippen LogP contribution in [0.15, 0.2) is 0 Å². The van der Waals surface area contributed by atoms with Crippen LogP contribution in [-0.2, 0) is 4.79 Å². The van der Waals surface area contributed by atoms with Gasteiger partial charge in [0.2, 0.25) is 5.91 Å². The van der Waals surface area contributed by atoms with Crippen molar-refractivity contribution in [2.45, 2.75) is 38.8 Å². The fourth-order valence-electron chi connectivity index (χ4n) is 2.35.